The molecule has 1 aromatic heterocycles. The second-order valence-electron chi connectivity index (χ2n) is 9.25. The van der Waals surface area contributed by atoms with E-state index in [-0.39, 0.29) is 29.4 Å². The number of sulfonamides is 1. The maximum absolute atomic E-state index is 13.3. The summed E-state index contributed by atoms with van der Waals surface area (Å²) in [7, 11) is -2.14. The van der Waals surface area contributed by atoms with Gasteiger partial charge in [0.2, 0.25) is 16.0 Å². The van der Waals surface area contributed by atoms with Crippen LogP contribution in [-0.4, -0.2) is 65.5 Å². The first-order chi connectivity index (χ1) is 17.1. The van der Waals surface area contributed by atoms with E-state index in [9.17, 15) is 21.6 Å². The summed E-state index contributed by atoms with van der Waals surface area (Å²) in [6.45, 7) is 4.00. The maximum Gasteiger partial charge on any atom is 0.389 e. The van der Waals surface area contributed by atoms with Gasteiger partial charge in [0.05, 0.1) is 4.90 Å². The van der Waals surface area contributed by atoms with Gasteiger partial charge in [-0.1, -0.05) is 6.58 Å². The number of aromatic nitrogens is 2. The van der Waals surface area contributed by atoms with Gasteiger partial charge in [-0.15, -0.1) is 0 Å². The van der Waals surface area contributed by atoms with Crippen LogP contribution in [0.25, 0.3) is 0 Å². The molecule has 2 N–H and O–H groups in total. The number of hydrogen-bond donors (Lipinski definition) is 2. The first kappa shape index (κ1) is 26.4. The van der Waals surface area contributed by atoms with E-state index in [0.29, 0.717) is 36.8 Å². The quantitative estimate of drug-likeness (QED) is 0.464. The molecule has 12 heteroatoms. The molecule has 196 valence electrons. The van der Waals surface area contributed by atoms with Crippen molar-refractivity contribution in [3.63, 3.8) is 0 Å². The molecule has 0 aliphatic carbocycles. The van der Waals surface area contributed by atoms with Gasteiger partial charge in [-0.25, -0.2) is 13.4 Å². The smallest absolute Gasteiger partial charge is 0.347 e. The van der Waals surface area contributed by atoms with Crippen LogP contribution in [0.1, 0.15) is 38.5 Å². The number of benzene rings is 1. The Hall–Kier alpha value is -2.70. The first-order valence-corrected chi connectivity index (χ1v) is 13.4. The van der Waals surface area contributed by atoms with Gasteiger partial charge in [-0.3, -0.25) is 4.90 Å². The Morgan fingerprint density at radius 1 is 1.17 bits per heavy atom. The van der Waals surface area contributed by atoms with E-state index in [2.05, 4.69) is 32.1 Å². The fourth-order valence-electron chi connectivity index (χ4n) is 5.18. The fraction of sp³-hybridized carbons (Fsp3) is 0.500. The lowest BCUT2D eigenvalue weighted by Gasteiger charge is -2.41. The topological polar surface area (TPSA) is 90.5 Å². The van der Waals surface area contributed by atoms with Crippen LogP contribution < -0.4 is 10.6 Å². The molecule has 0 radical (unpaired) electrons. The van der Waals surface area contributed by atoms with Crippen molar-refractivity contribution in [3.05, 3.63) is 49.3 Å². The van der Waals surface area contributed by atoms with Crippen molar-refractivity contribution in [2.24, 2.45) is 0 Å². The monoisotopic (exact) mass is 524 g/mol. The van der Waals surface area contributed by atoms with Gasteiger partial charge in [-0.2, -0.15) is 22.5 Å². The Labute approximate surface area is 209 Å². The average molecular weight is 525 g/mol. The molecule has 0 amide bonds. The second kappa shape index (κ2) is 10.7. The van der Waals surface area contributed by atoms with Crippen molar-refractivity contribution < 1.29 is 21.6 Å². The number of anilines is 3. The Morgan fingerprint density at radius 3 is 2.44 bits per heavy atom. The summed E-state index contributed by atoms with van der Waals surface area (Å²) < 4.78 is 65.8. The van der Waals surface area contributed by atoms with Crippen LogP contribution in [0.4, 0.5) is 30.6 Å². The van der Waals surface area contributed by atoms with Gasteiger partial charge in [0.15, 0.2) is 0 Å². The lowest BCUT2D eigenvalue weighted by atomic mass is 9.97. The van der Waals surface area contributed by atoms with E-state index in [1.807, 2.05) is 0 Å². The number of alkyl halides is 3. The van der Waals surface area contributed by atoms with Crippen LogP contribution in [0.3, 0.4) is 0 Å². The van der Waals surface area contributed by atoms with E-state index in [1.165, 1.54) is 10.5 Å². The highest BCUT2D eigenvalue weighted by Crippen LogP contribution is 2.39. The number of fused-ring (bicyclic) bond motifs is 2. The van der Waals surface area contributed by atoms with Crippen LogP contribution in [0.2, 0.25) is 0 Å². The number of rotatable bonds is 10. The Kier molecular flexibility index (Phi) is 7.86. The van der Waals surface area contributed by atoms with Crippen LogP contribution in [0.15, 0.2) is 54.2 Å². The largest absolute Gasteiger partial charge is 0.389 e. The second-order valence-corrected chi connectivity index (χ2v) is 11.2. The Morgan fingerprint density at radius 2 is 1.83 bits per heavy atom. The van der Waals surface area contributed by atoms with Crippen LogP contribution >= 0.6 is 0 Å². The van der Waals surface area contributed by atoms with E-state index >= 15 is 0 Å². The molecule has 3 heterocycles. The van der Waals surface area contributed by atoms with Crippen molar-refractivity contribution in [1.29, 1.82) is 0 Å². The molecule has 4 rings (SSSR count). The third-order valence-corrected chi connectivity index (χ3v) is 8.87. The zero-order chi connectivity index (χ0) is 25.9. The molecule has 1 aromatic carbocycles. The Balaban J connectivity index is 1.38. The predicted octanol–water partition coefficient (Wildman–Crippen LogP) is 4.73. The molecule has 2 bridgehead atoms. The molecule has 2 fully saturated rings. The molecule has 8 nitrogen and oxygen atoms in total. The molecule has 36 heavy (non-hydrogen) atoms. The van der Waals surface area contributed by atoms with Gasteiger partial charge in [0.25, 0.3) is 0 Å². The van der Waals surface area contributed by atoms with Gasteiger partial charge in [-0.05, 0) is 75.2 Å². The van der Waals surface area contributed by atoms with Crippen LogP contribution in [-0.2, 0) is 10.0 Å². The number of hydrogen-bond acceptors (Lipinski definition) is 7. The molecule has 2 aromatic rings. The number of piperidine rings is 1. The summed E-state index contributed by atoms with van der Waals surface area (Å²) in [5, 5.41) is 5.92. The molecule has 2 aliphatic rings. The standard InChI is InChI=1S/C24H31F3N6O2S/c1-3-28-22-11-13-29-23(31-22)30-17-5-9-21(10-6-17)36(34,35)32(2)20-15-18-7-8-19(16-20)33(18)14-4-12-24(25,26)27/h3,5-6,9-11,13,18-20H,1,4,7-8,12,14-16H2,2H3,(H2,28,29,30,31). The number of halogens is 3. The minimum absolute atomic E-state index is 0.0792. The highest BCUT2D eigenvalue weighted by molar-refractivity contribution is 7.89. The summed E-state index contributed by atoms with van der Waals surface area (Å²) in [4.78, 5) is 10.8. The minimum atomic E-state index is -4.14. The molecule has 0 spiro atoms. The number of nitrogens with one attached hydrogen (secondary N) is 2. The van der Waals surface area contributed by atoms with Crippen molar-refractivity contribution in [1.82, 2.24) is 19.2 Å². The zero-order valence-corrected chi connectivity index (χ0v) is 20.9. The van der Waals surface area contributed by atoms with E-state index < -0.39 is 22.6 Å². The molecule has 2 aliphatic heterocycles. The zero-order valence-electron chi connectivity index (χ0n) is 20.1. The third-order valence-electron chi connectivity index (χ3n) is 6.94. The van der Waals surface area contributed by atoms with Gasteiger partial charge >= 0.3 is 6.18 Å². The van der Waals surface area contributed by atoms with E-state index in [4.69, 9.17) is 0 Å². The summed E-state index contributed by atoms with van der Waals surface area (Å²) >= 11 is 0. The molecule has 2 atom stereocenters. The normalized spacial score (nSPS) is 22.5. The SMILES string of the molecule is C=CNc1ccnc(Nc2ccc(S(=O)(=O)N(C)C3CC4CCC(C3)N4CCCC(F)(F)F)cc2)n1. The minimum Gasteiger partial charge on any atom is -0.347 e. The Bertz CT molecular complexity index is 1150. The van der Waals surface area contributed by atoms with Crippen molar-refractivity contribution in [2.75, 3.05) is 24.2 Å². The van der Waals surface area contributed by atoms with Crippen LogP contribution in [0.5, 0.6) is 0 Å². The van der Waals surface area contributed by atoms with E-state index in [0.717, 1.165) is 12.8 Å². The highest BCUT2D eigenvalue weighted by atomic mass is 32.2. The predicted molar refractivity (Wildman–Crippen MR) is 132 cm³/mol. The lowest BCUT2D eigenvalue weighted by Crippen LogP contribution is -2.51. The molecule has 2 saturated heterocycles. The lowest BCUT2D eigenvalue weighted by molar-refractivity contribution is -0.136. The molecule has 0 saturated carbocycles. The fourth-order valence-corrected chi connectivity index (χ4v) is 6.55. The van der Waals surface area contributed by atoms with Gasteiger partial charge in [0.1, 0.15) is 5.82 Å². The summed E-state index contributed by atoms with van der Waals surface area (Å²) in [6.07, 6.45) is 1.30. The van der Waals surface area contributed by atoms with Gasteiger partial charge < -0.3 is 10.6 Å². The van der Waals surface area contributed by atoms with E-state index in [1.54, 1.807) is 43.6 Å². The third kappa shape index (κ3) is 6.16. The van der Waals surface area contributed by atoms with Crippen LogP contribution in [0, 0.1) is 0 Å². The molecule has 2 unspecified atom stereocenters. The molecular weight excluding hydrogens is 493 g/mol. The van der Waals surface area contributed by atoms with Crippen molar-refractivity contribution >= 4 is 27.5 Å². The average Bonchev–Trinajstić information content (AvgIpc) is 3.05. The van der Waals surface area contributed by atoms with Crippen molar-refractivity contribution in [2.45, 2.75) is 67.7 Å². The van der Waals surface area contributed by atoms with Gasteiger partial charge in [0, 0.05) is 43.5 Å². The van der Waals surface area contributed by atoms with Crippen molar-refractivity contribution in [3.8, 4) is 0 Å². The molecular formula is C24H31F3N6O2S. The highest BCUT2D eigenvalue weighted by Gasteiger charge is 2.44. The summed E-state index contributed by atoms with van der Waals surface area (Å²) in [5.74, 6) is 0.927. The first-order valence-electron chi connectivity index (χ1n) is 11.9. The summed E-state index contributed by atoms with van der Waals surface area (Å²) in [5.41, 5.74) is 0.637. The maximum atomic E-state index is 13.3. The number of nitrogens with zero attached hydrogens (tertiary/aromatic N) is 4. The summed E-state index contributed by atoms with van der Waals surface area (Å²) in [6, 6.07) is 8.15.